The standard InChI is InChI=1S/C24H27NO3/c26-23(27)11-5-6-14-25-15-12-18(13-16-25)24-20-8-2-1-7-19(20)17-28-22-10-4-3-9-21(22)24/h1-4,7-10H,5-6,11-17H2,(H,26,27). The monoisotopic (exact) mass is 377 g/mol. The van der Waals surface area contributed by atoms with Crippen LogP contribution in [0.4, 0.5) is 0 Å². The smallest absolute Gasteiger partial charge is 0.303 e. The molecule has 1 saturated heterocycles. The molecule has 0 radical (unpaired) electrons. The quantitative estimate of drug-likeness (QED) is 0.765. The number of rotatable bonds is 5. The van der Waals surface area contributed by atoms with Gasteiger partial charge in [0, 0.05) is 25.1 Å². The number of unbranched alkanes of at least 4 members (excludes halogenated alkanes) is 1. The van der Waals surface area contributed by atoms with Crippen molar-refractivity contribution in [3.8, 4) is 5.75 Å². The van der Waals surface area contributed by atoms with Gasteiger partial charge in [0.15, 0.2) is 0 Å². The summed E-state index contributed by atoms with van der Waals surface area (Å²) >= 11 is 0. The minimum Gasteiger partial charge on any atom is -0.488 e. The van der Waals surface area contributed by atoms with Crippen LogP contribution in [-0.2, 0) is 11.4 Å². The highest BCUT2D eigenvalue weighted by Gasteiger charge is 2.24. The molecule has 4 nitrogen and oxygen atoms in total. The SMILES string of the molecule is O=C(O)CCCCN1CCC(=C2c3ccccc3COc3ccccc32)CC1. The van der Waals surface area contributed by atoms with Crippen LogP contribution in [0, 0.1) is 0 Å². The van der Waals surface area contributed by atoms with E-state index in [-0.39, 0.29) is 6.42 Å². The molecule has 28 heavy (non-hydrogen) atoms. The Bertz CT molecular complexity index is 827. The predicted octanol–water partition coefficient (Wildman–Crippen LogP) is 4.73. The second-order valence-corrected chi connectivity index (χ2v) is 7.61. The molecule has 0 bridgehead atoms. The Morgan fingerprint density at radius 2 is 1.68 bits per heavy atom. The fourth-order valence-electron chi connectivity index (χ4n) is 4.28. The molecular formula is C24H27NO3. The average Bonchev–Trinajstić information content (AvgIpc) is 2.89. The Kier molecular flexibility index (Phi) is 5.77. The number of hydrogen-bond donors (Lipinski definition) is 1. The molecule has 2 aromatic carbocycles. The molecule has 4 heteroatoms. The number of likely N-dealkylation sites (tertiary alicyclic amines) is 1. The van der Waals surface area contributed by atoms with E-state index in [2.05, 4.69) is 47.4 Å². The molecule has 0 amide bonds. The van der Waals surface area contributed by atoms with Gasteiger partial charge in [-0.25, -0.2) is 0 Å². The summed E-state index contributed by atoms with van der Waals surface area (Å²) in [5.74, 6) is 0.274. The van der Waals surface area contributed by atoms with Gasteiger partial charge in [-0.3, -0.25) is 4.79 Å². The third-order valence-electron chi connectivity index (χ3n) is 5.75. The number of benzene rings is 2. The number of carboxylic acid groups (broad SMARTS) is 1. The predicted molar refractivity (Wildman–Crippen MR) is 110 cm³/mol. The van der Waals surface area contributed by atoms with Crippen LogP contribution in [0.25, 0.3) is 5.57 Å². The van der Waals surface area contributed by atoms with Crippen LogP contribution < -0.4 is 4.74 Å². The van der Waals surface area contributed by atoms with Gasteiger partial charge < -0.3 is 14.7 Å². The Labute approximate surface area is 166 Å². The van der Waals surface area contributed by atoms with Crippen molar-refractivity contribution < 1.29 is 14.6 Å². The van der Waals surface area contributed by atoms with Crippen LogP contribution in [0.3, 0.4) is 0 Å². The number of aliphatic carboxylic acids is 1. The lowest BCUT2D eigenvalue weighted by atomic mass is 9.86. The van der Waals surface area contributed by atoms with Gasteiger partial charge in [-0.2, -0.15) is 0 Å². The zero-order valence-electron chi connectivity index (χ0n) is 16.2. The number of para-hydroxylation sites is 1. The summed E-state index contributed by atoms with van der Waals surface area (Å²) in [4.78, 5) is 13.1. The van der Waals surface area contributed by atoms with Gasteiger partial charge in [0.2, 0.25) is 0 Å². The van der Waals surface area contributed by atoms with Gasteiger partial charge in [-0.05, 0) is 55.0 Å². The van der Waals surface area contributed by atoms with Crippen LogP contribution >= 0.6 is 0 Å². The molecule has 2 aliphatic rings. The molecule has 0 aliphatic carbocycles. The maximum atomic E-state index is 10.7. The molecule has 2 aromatic rings. The van der Waals surface area contributed by atoms with E-state index in [0.29, 0.717) is 6.61 Å². The van der Waals surface area contributed by atoms with E-state index in [4.69, 9.17) is 9.84 Å². The topological polar surface area (TPSA) is 49.8 Å². The fraction of sp³-hybridized carbons (Fsp3) is 0.375. The Morgan fingerprint density at radius 1 is 0.964 bits per heavy atom. The zero-order valence-corrected chi connectivity index (χ0v) is 16.2. The first-order chi connectivity index (χ1) is 13.7. The van der Waals surface area contributed by atoms with Crippen molar-refractivity contribution in [3.63, 3.8) is 0 Å². The van der Waals surface area contributed by atoms with Gasteiger partial charge in [0.25, 0.3) is 0 Å². The lowest BCUT2D eigenvalue weighted by molar-refractivity contribution is -0.137. The maximum Gasteiger partial charge on any atom is 0.303 e. The van der Waals surface area contributed by atoms with Crippen molar-refractivity contribution in [2.45, 2.75) is 38.7 Å². The number of piperidine rings is 1. The van der Waals surface area contributed by atoms with Crippen molar-refractivity contribution in [2.75, 3.05) is 19.6 Å². The molecule has 2 aliphatic heterocycles. The van der Waals surface area contributed by atoms with Crippen LogP contribution in [-0.4, -0.2) is 35.6 Å². The van der Waals surface area contributed by atoms with Gasteiger partial charge in [0.1, 0.15) is 12.4 Å². The summed E-state index contributed by atoms with van der Waals surface area (Å²) in [6.45, 7) is 3.68. The molecule has 0 atom stereocenters. The second kappa shape index (κ2) is 8.61. The maximum absolute atomic E-state index is 10.7. The highest BCUT2D eigenvalue weighted by atomic mass is 16.5. The number of nitrogens with zero attached hydrogens (tertiary/aromatic N) is 1. The second-order valence-electron chi connectivity index (χ2n) is 7.61. The molecule has 0 spiro atoms. The van der Waals surface area contributed by atoms with E-state index in [1.807, 2.05) is 6.07 Å². The summed E-state index contributed by atoms with van der Waals surface area (Å²) in [5.41, 5.74) is 6.62. The van der Waals surface area contributed by atoms with Crippen LogP contribution in [0.1, 0.15) is 48.8 Å². The Hall–Kier alpha value is -2.59. The first-order valence-corrected chi connectivity index (χ1v) is 10.2. The van der Waals surface area contributed by atoms with Gasteiger partial charge in [-0.15, -0.1) is 0 Å². The summed E-state index contributed by atoms with van der Waals surface area (Å²) < 4.78 is 6.11. The molecule has 1 fully saturated rings. The van der Waals surface area contributed by atoms with E-state index in [1.165, 1.54) is 27.8 Å². The minimum absolute atomic E-state index is 0.275. The Balaban J connectivity index is 1.55. The first-order valence-electron chi connectivity index (χ1n) is 10.2. The summed E-state index contributed by atoms with van der Waals surface area (Å²) in [6, 6.07) is 17.0. The number of carbonyl (C=O) groups is 1. The third-order valence-corrected chi connectivity index (χ3v) is 5.75. The van der Waals surface area contributed by atoms with Gasteiger partial charge in [-0.1, -0.05) is 48.0 Å². The largest absolute Gasteiger partial charge is 0.488 e. The molecule has 2 heterocycles. The molecule has 146 valence electrons. The molecule has 0 aromatic heterocycles. The van der Waals surface area contributed by atoms with Gasteiger partial charge in [0.05, 0.1) is 0 Å². The highest BCUT2D eigenvalue weighted by molar-refractivity contribution is 5.87. The summed E-state index contributed by atoms with van der Waals surface area (Å²) in [6.07, 6.45) is 4.10. The van der Waals surface area contributed by atoms with Crippen LogP contribution in [0.2, 0.25) is 0 Å². The molecular weight excluding hydrogens is 350 g/mol. The van der Waals surface area contributed by atoms with Gasteiger partial charge >= 0.3 is 5.97 Å². The average molecular weight is 377 g/mol. The van der Waals surface area contributed by atoms with Crippen molar-refractivity contribution in [1.82, 2.24) is 4.90 Å². The highest BCUT2D eigenvalue weighted by Crippen LogP contribution is 2.40. The number of ether oxygens (including phenoxy) is 1. The van der Waals surface area contributed by atoms with Crippen molar-refractivity contribution >= 4 is 11.5 Å². The molecule has 0 unspecified atom stereocenters. The zero-order chi connectivity index (χ0) is 19.3. The summed E-state index contributed by atoms with van der Waals surface area (Å²) in [5, 5.41) is 8.78. The lowest BCUT2D eigenvalue weighted by Crippen LogP contribution is -2.32. The normalized spacial score (nSPS) is 16.7. The van der Waals surface area contributed by atoms with Crippen LogP contribution in [0.5, 0.6) is 5.75 Å². The first kappa shape index (κ1) is 18.8. The van der Waals surface area contributed by atoms with E-state index in [0.717, 1.165) is 51.1 Å². The van der Waals surface area contributed by atoms with Crippen molar-refractivity contribution in [2.24, 2.45) is 0 Å². The number of hydrogen-bond acceptors (Lipinski definition) is 3. The summed E-state index contributed by atoms with van der Waals surface area (Å²) in [7, 11) is 0. The molecule has 0 saturated carbocycles. The molecule has 4 rings (SSSR count). The fourth-order valence-corrected chi connectivity index (χ4v) is 4.28. The minimum atomic E-state index is -0.696. The number of fused-ring (bicyclic) bond motifs is 2. The van der Waals surface area contributed by atoms with E-state index < -0.39 is 5.97 Å². The molecule has 1 N–H and O–H groups in total. The van der Waals surface area contributed by atoms with Crippen LogP contribution in [0.15, 0.2) is 54.1 Å². The Morgan fingerprint density at radius 3 is 2.46 bits per heavy atom. The van der Waals surface area contributed by atoms with E-state index in [9.17, 15) is 4.79 Å². The van der Waals surface area contributed by atoms with Crippen molar-refractivity contribution in [1.29, 1.82) is 0 Å². The number of carboxylic acids is 1. The third kappa shape index (κ3) is 4.12. The lowest BCUT2D eigenvalue weighted by Gasteiger charge is -2.30. The van der Waals surface area contributed by atoms with E-state index in [1.54, 1.807) is 0 Å². The van der Waals surface area contributed by atoms with Crippen molar-refractivity contribution in [3.05, 3.63) is 70.8 Å². The van der Waals surface area contributed by atoms with E-state index >= 15 is 0 Å².